The lowest BCUT2D eigenvalue weighted by molar-refractivity contribution is -0.0552. The van der Waals surface area contributed by atoms with Crippen molar-refractivity contribution in [3.8, 4) is 5.75 Å². The molecule has 0 saturated carbocycles. The number of benzene rings is 2. The number of hydrogen-bond donors (Lipinski definition) is 2. The molecule has 0 aliphatic carbocycles. The molecule has 2 aromatic carbocycles. The molecule has 0 amide bonds. The molecule has 0 spiro atoms. The molecule has 0 saturated heterocycles. The number of methoxy groups -OCH3 is 1. The predicted molar refractivity (Wildman–Crippen MR) is 102 cm³/mol. The first-order valence-electron chi connectivity index (χ1n) is 8.74. The van der Waals surface area contributed by atoms with Gasteiger partial charge in [-0.3, -0.25) is 4.84 Å². The number of ether oxygens (including phenoxy) is 2. The molecular weight excluding hydrogens is 330 g/mol. The molecular formula is C21H29NO4. The Bertz CT molecular complexity index is 655. The summed E-state index contributed by atoms with van der Waals surface area (Å²) in [7, 11) is 1.59. The molecule has 0 aromatic heterocycles. The Balaban J connectivity index is 2.07. The second-order valence-corrected chi connectivity index (χ2v) is 7.24. The van der Waals surface area contributed by atoms with Gasteiger partial charge in [0, 0.05) is 12.7 Å². The molecule has 0 heterocycles. The van der Waals surface area contributed by atoms with E-state index in [0.717, 1.165) is 16.9 Å². The van der Waals surface area contributed by atoms with Crippen LogP contribution in [0.3, 0.4) is 0 Å². The van der Waals surface area contributed by atoms with Crippen LogP contribution in [-0.2, 0) is 9.57 Å². The van der Waals surface area contributed by atoms with Crippen molar-refractivity contribution in [2.75, 3.05) is 20.5 Å². The lowest BCUT2D eigenvalue weighted by Gasteiger charge is -2.32. The number of rotatable bonds is 9. The average molecular weight is 359 g/mol. The summed E-state index contributed by atoms with van der Waals surface area (Å²) < 4.78 is 10.7. The van der Waals surface area contributed by atoms with Crippen LogP contribution in [0.5, 0.6) is 5.75 Å². The zero-order valence-electron chi connectivity index (χ0n) is 15.9. The summed E-state index contributed by atoms with van der Waals surface area (Å²) in [5, 5.41) is 10.3. The number of aliphatic hydroxyl groups is 1. The van der Waals surface area contributed by atoms with Crippen LogP contribution in [0.2, 0.25) is 0 Å². The summed E-state index contributed by atoms with van der Waals surface area (Å²) in [4.78, 5) is 5.67. The average Bonchev–Trinajstić information content (AvgIpc) is 2.63. The highest BCUT2D eigenvalue weighted by Crippen LogP contribution is 2.37. The lowest BCUT2D eigenvalue weighted by Crippen LogP contribution is -2.34. The zero-order chi connectivity index (χ0) is 19.0. The monoisotopic (exact) mass is 359 g/mol. The van der Waals surface area contributed by atoms with E-state index in [4.69, 9.17) is 14.3 Å². The first-order valence-corrected chi connectivity index (χ1v) is 8.74. The van der Waals surface area contributed by atoms with Crippen molar-refractivity contribution in [3.63, 3.8) is 0 Å². The number of para-hydroxylation sites is 1. The van der Waals surface area contributed by atoms with Gasteiger partial charge in [0.2, 0.25) is 0 Å². The van der Waals surface area contributed by atoms with Crippen LogP contribution in [0.1, 0.15) is 44.0 Å². The normalized spacial score (nSPS) is 14.0. The van der Waals surface area contributed by atoms with E-state index in [9.17, 15) is 5.11 Å². The van der Waals surface area contributed by atoms with Crippen molar-refractivity contribution >= 4 is 0 Å². The molecule has 5 heteroatoms. The van der Waals surface area contributed by atoms with E-state index >= 15 is 0 Å². The highest BCUT2D eigenvalue weighted by atomic mass is 16.7. The minimum Gasteiger partial charge on any atom is -0.467 e. The summed E-state index contributed by atoms with van der Waals surface area (Å²) in [6.45, 7) is 6.69. The fourth-order valence-electron chi connectivity index (χ4n) is 2.66. The molecule has 2 atom stereocenters. The van der Waals surface area contributed by atoms with Crippen molar-refractivity contribution in [2.24, 2.45) is 5.41 Å². The second-order valence-electron chi connectivity index (χ2n) is 7.24. The fraction of sp³-hybridized carbons (Fsp3) is 0.429. The summed E-state index contributed by atoms with van der Waals surface area (Å²) in [6, 6.07) is 17.1. The summed E-state index contributed by atoms with van der Waals surface area (Å²) in [5.74, 6) is 0.744. The predicted octanol–water partition coefficient (Wildman–Crippen LogP) is 4.01. The smallest absolute Gasteiger partial charge is 0.188 e. The lowest BCUT2D eigenvalue weighted by atomic mass is 9.82. The van der Waals surface area contributed by atoms with Crippen molar-refractivity contribution in [1.29, 1.82) is 0 Å². The largest absolute Gasteiger partial charge is 0.467 e. The molecule has 0 aliphatic heterocycles. The number of hydroxylamine groups is 1. The van der Waals surface area contributed by atoms with Crippen molar-refractivity contribution in [1.82, 2.24) is 5.48 Å². The molecule has 0 bridgehead atoms. The van der Waals surface area contributed by atoms with Gasteiger partial charge in [0.1, 0.15) is 11.9 Å². The van der Waals surface area contributed by atoms with Crippen LogP contribution >= 0.6 is 0 Å². The first-order chi connectivity index (χ1) is 12.4. The summed E-state index contributed by atoms with van der Waals surface area (Å²) in [6.07, 6.45) is -0.690. The van der Waals surface area contributed by atoms with Gasteiger partial charge in [0.15, 0.2) is 6.79 Å². The van der Waals surface area contributed by atoms with E-state index in [0.29, 0.717) is 0 Å². The second kappa shape index (κ2) is 9.69. The van der Waals surface area contributed by atoms with Gasteiger partial charge in [0.05, 0.1) is 12.6 Å². The van der Waals surface area contributed by atoms with E-state index in [1.165, 1.54) is 0 Å². The molecule has 0 fully saturated rings. The molecule has 0 radical (unpaired) electrons. The Labute approximate surface area is 155 Å². The SMILES string of the molecule is COCOc1ccccc1[C@@H](NOC[C@H](O)c1ccccc1)C(C)(C)C. The van der Waals surface area contributed by atoms with Gasteiger partial charge in [-0.2, -0.15) is 5.48 Å². The minimum absolute atomic E-state index is 0.126. The molecule has 5 nitrogen and oxygen atoms in total. The highest BCUT2D eigenvalue weighted by Gasteiger charge is 2.29. The first kappa shape index (κ1) is 20.4. The van der Waals surface area contributed by atoms with Gasteiger partial charge in [-0.1, -0.05) is 69.3 Å². The maximum Gasteiger partial charge on any atom is 0.188 e. The van der Waals surface area contributed by atoms with Crippen LogP contribution in [-0.4, -0.2) is 25.6 Å². The van der Waals surface area contributed by atoms with Gasteiger partial charge in [0.25, 0.3) is 0 Å². The highest BCUT2D eigenvalue weighted by molar-refractivity contribution is 5.36. The van der Waals surface area contributed by atoms with E-state index < -0.39 is 6.10 Å². The summed E-state index contributed by atoms with van der Waals surface area (Å²) >= 11 is 0. The van der Waals surface area contributed by atoms with Gasteiger partial charge in [-0.05, 0) is 17.0 Å². The summed E-state index contributed by atoms with van der Waals surface area (Å²) in [5.41, 5.74) is 4.78. The Morgan fingerprint density at radius 3 is 2.31 bits per heavy atom. The number of nitrogens with one attached hydrogen (secondary N) is 1. The van der Waals surface area contributed by atoms with Gasteiger partial charge in [-0.15, -0.1) is 0 Å². The van der Waals surface area contributed by atoms with Crippen LogP contribution < -0.4 is 10.2 Å². The fourth-order valence-corrected chi connectivity index (χ4v) is 2.66. The van der Waals surface area contributed by atoms with E-state index in [-0.39, 0.29) is 24.9 Å². The number of aliphatic hydroxyl groups excluding tert-OH is 1. The van der Waals surface area contributed by atoms with E-state index in [1.54, 1.807) is 7.11 Å². The standard InChI is InChI=1S/C21H29NO4/c1-21(2,3)20(17-12-8-9-13-19(17)25-15-24-4)22-26-14-18(23)16-10-6-5-7-11-16/h5-13,18,20,22-23H,14-15H2,1-4H3/t18-,20+/m0/s1. The molecule has 2 rings (SSSR count). The van der Waals surface area contributed by atoms with Crippen molar-refractivity contribution in [3.05, 3.63) is 65.7 Å². The van der Waals surface area contributed by atoms with E-state index in [2.05, 4.69) is 26.3 Å². The molecule has 0 unspecified atom stereocenters. The van der Waals surface area contributed by atoms with Crippen LogP contribution in [0.15, 0.2) is 54.6 Å². The maximum atomic E-state index is 10.3. The van der Waals surface area contributed by atoms with Crippen molar-refractivity contribution < 1.29 is 19.4 Å². The third kappa shape index (κ3) is 5.81. The molecule has 2 aromatic rings. The van der Waals surface area contributed by atoms with Gasteiger partial charge >= 0.3 is 0 Å². The zero-order valence-corrected chi connectivity index (χ0v) is 15.9. The quantitative estimate of drug-likeness (QED) is 0.523. The third-order valence-corrected chi connectivity index (χ3v) is 4.06. The van der Waals surface area contributed by atoms with Gasteiger partial charge < -0.3 is 14.6 Å². The Morgan fingerprint density at radius 2 is 1.65 bits per heavy atom. The van der Waals surface area contributed by atoms with Crippen LogP contribution in [0.4, 0.5) is 0 Å². The Hall–Kier alpha value is -1.92. The molecule has 0 aliphatic rings. The molecule has 26 heavy (non-hydrogen) atoms. The minimum atomic E-state index is -0.690. The Morgan fingerprint density at radius 1 is 1.00 bits per heavy atom. The Kier molecular flexibility index (Phi) is 7.60. The molecule has 2 N–H and O–H groups in total. The van der Waals surface area contributed by atoms with Crippen molar-refractivity contribution in [2.45, 2.75) is 32.9 Å². The van der Waals surface area contributed by atoms with Crippen LogP contribution in [0.25, 0.3) is 0 Å². The van der Waals surface area contributed by atoms with Crippen LogP contribution in [0, 0.1) is 5.41 Å². The number of hydrogen-bond acceptors (Lipinski definition) is 5. The topological polar surface area (TPSA) is 60.0 Å². The maximum absolute atomic E-state index is 10.3. The van der Waals surface area contributed by atoms with Gasteiger partial charge in [-0.25, -0.2) is 0 Å². The van der Waals surface area contributed by atoms with E-state index in [1.807, 2.05) is 54.6 Å². The molecule has 142 valence electrons. The third-order valence-electron chi connectivity index (χ3n) is 4.06.